The molecule has 0 spiro atoms. The number of rotatable bonds is 5. The minimum Gasteiger partial charge on any atom is -0.452 e. The van der Waals surface area contributed by atoms with E-state index in [9.17, 15) is 32.3 Å². The first-order valence-electron chi connectivity index (χ1n) is 8.07. The predicted octanol–water partition coefficient (Wildman–Crippen LogP) is 2.46. The Morgan fingerprint density at radius 1 is 0.933 bits per heavy atom. The average molecular weight is 444 g/mol. The molecule has 0 aliphatic rings. The number of benzene rings is 2. The minimum absolute atomic E-state index is 0.0760. The molecule has 0 saturated heterocycles. The second kappa shape index (κ2) is 9.74. The molecule has 2 aromatic carbocycles. The number of anilines is 1. The zero-order valence-electron chi connectivity index (χ0n) is 14.9. The molecule has 3 amide bonds. The van der Waals surface area contributed by atoms with Crippen molar-refractivity contribution in [1.82, 2.24) is 10.9 Å². The van der Waals surface area contributed by atoms with Crippen LogP contribution in [0.25, 0.3) is 0 Å². The smallest absolute Gasteiger partial charge is 0.452 e. The molecular formula is C18H13ClF3N3O5. The molecule has 158 valence electrons. The fourth-order valence-electron chi connectivity index (χ4n) is 1.98. The van der Waals surface area contributed by atoms with E-state index in [1.807, 2.05) is 5.43 Å². The number of hydrogen-bond acceptors (Lipinski definition) is 5. The number of halogens is 4. The maximum absolute atomic E-state index is 12.2. The maximum atomic E-state index is 12.2. The molecule has 2 aromatic rings. The zero-order chi connectivity index (χ0) is 22.3. The molecule has 8 nitrogen and oxygen atoms in total. The topological polar surface area (TPSA) is 114 Å². The maximum Gasteiger partial charge on any atom is 0.471 e. The van der Waals surface area contributed by atoms with E-state index in [2.05, 4.69) is 5.43 Å². The zero-order valence-corrected chi connectivity index (χ0v) is 15.6. The molecular weight excluding hydrogens is 431 g/mol. The Morgan fingerprint density at radius 2 is 1.57 bits per heavy atom. The lowest BCUT2D eigenvalue weighted by molar-refractivity contribution is -0.167. The Labute approximate surface area is 172 Å². The van der Waals surface area contributed by atoms with Gasteiger partial charge in [-0.1, -0.05) is 23.7 Å². The third kappa shape index (κ3) is 6.48. The Kier molecular flexibility index (Phi) is 7.37. The number of hydrogen-bond donors (Lipinski definition) is 3. The van der Waals surface area contributed by atoms with Gasteiger partial charge in [0.15, 0.2) is 6.61 Å². The summed E-state index contributed by atoms with van der Waals surface area (Å²) in [6, 6.07) is 10.4. The summed E-state index contributed by atoms with van der Waals surface area (Å²) >= 11 is 5.84. The van der Waals surface area contributed by atoms with E-state index in [1.54, 1.807) is 17.4 Å². The molecule has 2 rings (SSSR count). The number of amides is 3. The lowest BCUT2D eigenvalue weighted by Gasteiger charge is -2.10. The van der Waals surface area contributed by atoms with E-state index in [4.69, 9.17) is 16.3 Å². The van der Waals surface area contributed by atoms with Gasteiger partial charge in [-0.3, -0.25) is 25.2 Å². The highest BCUT2D eigenvalue weighted by Crippen LogP contribution is 2.18. The van der Waals surface area contributed by atoms with Crippen molar-refractivity contribution >= 4 is 41.0 Å². The van der Waals surface area contributed by atoms with Crippen LogP contribution in [0.4, 0.5) is 18.9 Å². The summed E-state index contributed by atoms with van der Waals surface area (Å²) in [5.74, 6) is -4.64. The summed E-state index contributed by atoms with van der Waals surface area (Å²) in [6.45, 7) is -0.742. The van der Waals surface area contributed by atoms with Gasteiger partial charge in [0, 0.05) is 5.69 Å². The van der Waals surface area contributed by atoms with E-state index in [0.717, 1.165) is 24.3 Å². The third-order valence-corrected chi connectivity index (χ3v) is 3.73. The third-order valence-electron chi connectivity index (χ3n) is 3.40. The van der Waals surface area contributed by atoms with Crippen molar-refractivity contribution in [3.05, 3.63) is 64.7 Å². The van der Waals surface area contributed by atoms with E-state index < -0.39 is 36.5 Å². The van der Waals surface area contributed by atoms with Crippen molar-refractivity contribution in [3.8, 4) is 0 Å². The highest BCUT2D eigenvalue weighted by molar-refractivity contribution is 6.33. The quantitative estimate of drug-likeness (QED) is 0.485. The van der Waals surface area contributed by atoms with Gasteiger partial charge in [0.1, 0.15) is 0 Å². The van der Waals surface area contributed by atoms with Crippen LogP contribution in [-0.2, 0) is 14.3 Å². The second-order valence-corrected chi connectivity index (χ2v) is 5.99. The van der Waals surface area contributed by atoms with Crippen LogP contribution in [0.15, 0.2) is 48.5 Å². The van der Waals surface area contributed by atoms with E-state index >= 15 is 0 Å². The normalized spacial score (nSPS) is 10.7. The number of esters is 1. The van der Waals surface area contributed by atoms with Gasteiger partial charge in [-0.2, -0.15) is 13.2 Å². The van der Waals surface area contributed by atoms with Crippen LogP contribution in [0.3, 0.4) is 0 Å². The Bertz CT molecular complexity index is 964. The van der Waals surface area contributed by atoms with Crippen LogP contribution in [0.2, 0.25) is 5.02 Å². The molecule has 0 bridgehead atoms. The van der Waals surface area contributed by atoms with Gasteiger partial charge in [0.2, 0.25) is 0 Å². The molecule has 0 fully saturated rings. The van der Waals surface area contributed by atoms with E-state index in [0.29, 0.717) is 0 Å². The highest BCUT2D eigenvalue weighted by Gasteiger charge is 2.38. The SMILES string of the molecule is O=C(COC(=O)c1ccc(NC(=O)C(F)(F)F)cc1)NNC(=O)c1ccccc1Cl. The standard InChI is InChI=1S/C18H13ClF3N3O5/c19-13-4-2-1-3-12(13)15(27)25-24-14(26)9-30-16(28)10-5-7-11(8-6-10)23-17(29)18(20,21)22/h1-8H,9H2,(H,23,29)(H,24,26)(H,25,27). The lowest BCUT2D eigenvalue weighted by Crippen LogP contribution is -2.43. The van der Waals surface area contributed by atoms with Crippen molar-refractivity contribution in [2.75, 3.05) is 11.9 Å². The first-order chi connectivity index (χ1) is 14.1. The highest BCUT2D eigenvalue weighted by atomic mass is 35.5. The second-order valence-electron chi connectivity index (χ2n) is 5.59. The fourth-order valence-corrected chi connectivity index (χ4v) is 2.20. The van der Waals surface area contributed by atoms with Gasteiger partial charge in [0.05, 0.1) is 16.1 Å². The van der Waals surface area contributed by atoms with Gasteiger partial charge < -0.3 is 10.1 Å². The van der Waals surface area contributed by atoms with E-state index in [-0.39, 0.29) is 21.8 Å². The van der Waals surface area contributed by atoms with Crippen molar-refractivity contribution in [2.24, 2.45) is 0 Å². The molecule has 0 aromatic heterocycles. The minimum atomic E-state index is -5.05. The number of alkyl halides is 3. The van der Waals surface area contributed by atoms with Crippen LogP contribution in [0, 0.1) is 0 Å². The summed E-state index contributed by atoms with van der Waals surface area (Å²) in [5, 5.41) is 1.78. The average Bonchev–Trinajstić information content (AvgIpc) is 2.70. The summed E-state index contributed by atoms with van der Waals surface area (Å²) < 4.78 is 41.3. The molecule has 0 aliphatic carbocycles. The summed E-state index contributed by atoms with van der Waals surface area (Å²) in [7, 11) is 0. The molecule has 0 aliphatic heterocycles. The number of nitrogens with one attached hydrogen (secondary N) is 3. The summed E-state index contributed by atoms with van der Waals surface area (Å²) in [4.78, 5) is 46.3. The molecule has 3 N–H and O–H groups in total. The van der Waals surface area contributed by atoms with Gasteiger partial charge in [0.25, 0.3) is 11.8 Å². The van der Waals surface area contributed by atoms with Crippen LogP contribution in [-0.4, -0.2) is 36.5 Å². The molecule has 0 heterocycles. The Hall–Kier alpha value is -3.60. The summed E-state index contributed by atoms with van der Waals surface area (Å²) in [5.41, 5.74) is 3.98. The van der Waals surface area contributed by atoms with Crippen LogP contribution < -0.4 is 16.2 Å². The Morgan fingerprint density at radius 3 is 2.17 bits per heavy atom. The van der Waals surface area contributed by atoms with Gasteiger partial charge in [-0.25, -0.2) is 4.79 Å². The first kappa shape index (κ1) is 22.7. The monoisotopic (exact) mass is 443 g/mol. The fraction of sp³-hybridized carbons (Fsp3) is 0.111. The first-order valence-corrected chi connectivity index (χ1v) is 8.45. The van der Waals surface area contributed by atoms with Gasteiger partial charge in [-0.05, 0) is 36.4 Å². The van der Waals surface area contributed by atoms with Crippen molar-refractivity contribution in [1.29, 1.82) is 0 Å². The molecule has 0 saturated carbocycles. The van der Waals surface area contributed by atoms with Gasteiger partial charge in [-0.15, -0.1) is 0 Å². The molecule has 0 atom stereocenters. The number of carbonyl (C=O) groups is 4. The number of ether oxygens (including phenoxy) is 1. The Balaban J connectivity index is 1.81. The van der Waals surface area contributed by atoms with Crippen molar-refractivity contribution < 1.29 is 37.1 Å². The lowest BCUT2D eigenvalue weighted by atomic mass is 10.2. The van der Waals surface area contributed by atoms with Crippen LogP contribution in [0.5, 0.6) is 0 Å². The molecule has 0 radical (unpaired) electrons. The van der Waals surface area contributed by atoms with Gasteiger partial charge >= 0.3 is 18.1 Å². The number of hydrazine groups is 1. The molecule has 0 unspecified atom stereocenters. The molecule has 12 heteroatoms. The van der Waals surface area contributed by atoms with E-state index in [1.165, 1.54) is 12.1 Å². The molecule has 30 heavy (non-hydrogen) atoms. The van der Waals surface area contributed by atoms with Crippen LogP contribution in [0.1, 0.15) is 20.7 Å². The summed E-state index contributed by atoms with van der Waals surface area (Å²) in [6.07, 6.45) is -5.05. The van der Waals surface area contributed by atoms with Crippen molar-refractivity contribution in [2.45, 2.75) is 6.18 Å². The van der Waals surface area contributed by atoms with Crippen LogP contribution >= 0.6 is 11.6 Å². The number of carbonyl (C=O) groups excluding carboxylic acids is 4. The predicted molar refractivity (Wildman–Crippen MR) is 98.5 cm³/mol. The van der Waals surface area contributed by atoms with Crippen molar-refractivity contribution in [3.63, 3.8) is 0 Å². The largest absolute Gasteiger partial charge is 0.471 e.